The summed E-state index contributed by atoms with van der Waals surface area (Å²) in [6.07, 6.45) is 0. The van der Waals surface area contributed by atoms with Gasteiger partial charge in [0.05, 0.1) is 11.0 Å². The zero-order valence-corrected chi connectivity index (χ0v) is 17.9. The fraction of sp³-hybridized carbons (Fsp3) is 0.348. The summed E-state index contributed by atoms with van der Waals surface area (Å²) in [5.74, 6) is -0.727. The molecule has 0 saturated heterocycles. The van der Waals surface area contributed by atoms with Crippen LogP contribution in [0.3, 0.4) is 0 Å². The summed E-state index contributed by atoms with van der Waals surface area (Å²) in [6, 6.07) is 11.8. The first-order valence-electron chi connectivity index (χ1n) is 9.99. The lowest BCUT2D eigenvalue weighted by Crippen LogP contribution is -2.47. The summed E-state index contributed by atoms with van der Waals surface area (Å²) in [7, 11) is 0. The molecule has 1 unspecified atom stereocenters. The number of rotatable bonds is 5. The van der Waals surface area contributed by atoms with E-state index in [2.05, 4.69) is 41.4 Å². The highest BCUT2D eigenvalue weighted by Crippen LogP contribution is 2.22. The van der Waals surface area contributed by atoms with Crippen LogP contribution < -0.4 is 16.3 Å². The van der Waals surface area contributed by atoms with Gasteiger partial charge in [-0.05, 0) is 47.2 Å². The van der Waals surface area contributed by atoms with Gasteiger partial charge in [-0.15, -0.1) is 0 Å². The predicted molar refractivity (Wildman–Crippen MR) is 119 cm³/mol. The third-order valence-corrected chi connectivity index (χ3v) is 5.03. The summed E-state index contributed by atoms with van der Waals surface area (Å²) >= 11 is 0. The van der Waals surface area contributed by atoms with Crippen LogP contribution in [0.15, 0.2) is 47.3 Å². The van der Waals surface area contributed by atoms with Gasteiger partial charge < -0.3 is 20.6 Å². The molecule has 7 heteroatoms. The van der Waals surface area contributed by atoms with E-state index in [1.54, 1.807) is 30.3 Å². The maximum atomic E-state index is 12.8. The van der Waals surface area contributed by atoms with Crippen LogP contribution in [0.4, 0.5) is 5.69 Å². The fourth-order valence-corrected chi connectivity index (χ4v) is 3.21. The number of aromatic nitrogens is 2. The first kappa shape index (κ1) is 21.4. The van der Waals surface area contributed by atoms with Crippen LogP contribution in [-0.2, 0) is 10.2 Å². The standard InChI is InChI=1S/C23H28N4O3/c1-13(2)19(27-20(28)14-6-8-15(9-7-14)23(3,4)5)21(29)24-16-10-11-17-18(12-16)26-22(30)25-17/h6-13,19H,1-5H3,(H,24,29)(H,27,28)(H2,25,26,30). The molecule has 30 heavy (non-hydrogen) atoms. The number of anilines is 1. The molecule has 1 atom stereocenters. The number of fused-ring (bicyclic) bond motifs is 1. The van der Waals surface area contributed by atoms with E-state index in [-0.39, 0.29) is 28.8 Å². The van der Waals surface area contributed by atoms with Gasteiger partial charge >= 0.3 is 5.69 Å². The molecule has 0 saturated carbocycles. The topological polar surface area (TPSA) is 107 Å². The van der Waals surface area contributed by atoms with Crippen LogP contribution >= 0.6 is 0 Å². The minimum atomic E-state index is -0.708. The van der Waals surface area contributed by atoms with Crippen molar-refractivity contribution in [3.63, 3.8) is 0 Å². The van der Waals surface area contributed by atoms with Crippen LogP contribution in [-0.4, -0.2) is 27.8 Å². The predicted octanol–water partition coefficient (Wildman–Crippen LogP) is 3.55. The molecule has 4 N–H and O–H groups in total. The largest absolute Gasteiger partial charge is 0.340 e. The van der Waals surface area contributed by atoms with Gasteiger partial charge in [0.1, 0.15) is 6.04 Å². The average Bonchev–Trinajstić information content (AvgIpc) is 3.04. The first-order chi connectivity index (χ1) is 14.0. The summed E-state index contributed by atoms with van der Waals surface area (Å²) in [6.45, 7) is 10.1. The van der Waals surface area contributed by atoms with Gasteiger partial charge in [-0.1, -0.05) is 46.8 Å². The van der Waals surface area contributed by atoms with E-state index in [1.165, 1.54) is 0 Å². The third-order valence-electron chi connectivity index (χ3n) is 5.03. The van der Waals surface area contributed by atoms with Crippen molar-refractivity contribution >= 4 is 28.5 Å². The molecular weight excluding hydrogens is 380 g/mol. The maximum Gasteiger partial charge on any atom is 0.323 e. The van der Waals surface area contributed by atoms with Gasteiger partial charge in [-0.2, -0.15) is 0 Å². The Bertz CT molecular complexity index is 1120. The van der Waals surface area contributed by atoms with Crippen molar-refractivity contribution in [1.29, 1.82) is 0 Å². The summed E-state index contributed by atoms with van der Waals surface area (Å²) < 4.78 is 0. The fourth-order valence-electron chi connectivity index (χ4n) is 3.21. The minimum Gasteiger partial charge on any atom is -0.340 e. The molecule has 0 fully saturated rings. The van der Waals surface area contributed by atoms with Crippen LogP contribution in [0.1, 0.15) is 50.5 Å². The molecule has 3 rings (SSSR count). The normalized spacial score (nSPS) is 12.7. The van der Waals surface area contributed by atoms with Crippen molar-refractivity contribution in [2.24, 2.45) is 5.92 Å². The van der Waals surface area contributed by atoms with E-state index in [4.69, 9.17) is 0 Å². The summed E-state index contributed by atoms with van der Waals surface area (Å²) in [5, 5.41) is 5.66. The second-order valence-corrected chi connectivity index (χ2v) is 8.85. The first-order valence-corrected chi connectivity index (χ1v) is 9.99. The molecule has 3 aromatic rings. The van der Waals surface area contributed by atoms with Gasteiger partial charge in [0, 0.05) is 11.3 Å². The Morgan fingerprint density at radius 1 is 0.933 bits per heavy atom. The van der Waals surface area contributed by atoms with Crippen LogP contribution in [0.2, 0.25) is 0 Å². The van der Waals surface area contributed by atoms with Gasteiger partial charge in [0.25, 0.3) is 5.91 Å². The third kappa shape index (κ3) is 4.79. The number of amides is 2. The molecule has 2 aromatic carbocycles. The van der Waals surface area contributed by atoms with E-state index in [9.17, 15) is 14.4 Å². The van der Waals surface area contributed by atoms with Gasteiger partial charge in [0.15, 0.2) is 0 Å². The molecule has 2 amide bonds. The molecule has 0 spiro atoms. The molecule has 7 nitrogen and oxygen atoms in total. The SMILES string of the molecule is CC(C)C(NC(=O)c1ccc(C(C)(C)C)cc1)C(=O)Nc1ccc2[nH]c(=O)[nH]c2c1. The number of nitrogens with one attached hydrogen (secondary N) is 4. The lowest BCUT2D eigenvalue weighted by Gasteiger charge is -2.22. The molecule has 1 aromatic heterocycles. The zero-order valence-electron chi connectivity index (χ0n) is 17.9. The van der Waals surface area contributed by atoms with Crippen molar-refractivity contribution in [3.8, 4) is 0 Å². The average molecular weight is 409 g/mol. The highest BCUT2D eigenvalue weighted by molar-refractivity contribution is 6.01. The van der Waals surface area contributed by atoms with Crippen molar-refractivity contribution in [3.05, 3.63) is 64.1 Å². The number of H-pyrrole nitrogens is 2. The number of carbonyl (C=O) groups is 2. The molecule has 0 aliphatic rings. The van der Waals surface area contributed by atoms with E-state index in [0.29, 0.717) is 22.3 Å². The Hall–Kier alpha value is -3.35. The molecule has 1 heterocycles. The van der Waals surface area contributed by atoms with E-state index < -0.39 is 6.04 Å². The zero-order chi connectivity index (χ0) is 22.1. The minimum absolute atomic E-state index is 0.000209. The van der Waals surface area contributed by atoms with Crippen molar-refractivity contribution < 1.29 is 9.59 Å². The molecule has 158 valence electrons. The van der Waals surface area contributed by atoms with E-state index >= 15 is 0 Å². The highest BCUT2D eigenvalue weighted by Gasteiger charge is 2.25. The maximum absolute atomic E-state index is 12.8. The number of hydrogen-bond donors (Lipinski definition) is 4. The Morgan fingerprint density at radius 2 is 1.57 bits per heavy atom. The smallest absolute Gasteiger partial charge is 0.323 e. The Labute approximate surface area is 175 Å². The number of imidazole rings is 1. The van der Waals surface area contributed by atoms with Crippen molar-refractivity contribution in [2.45, 2.75) is 46.1 Å². The van der Waals surface area contributed by atoms with E-state index in [1.807, 2.05) is 26.0 Å². The van der Waals surface area contributed by atoms with Gasteiger partial charge in [-0.25, -0.2) is 4.79 Å². The second kappa shape index (κ2) is 8.18. The number of carbonyl (C=O) groups excluding carboxylic acids is 2. The van der Waals surface area contributed by atoms with Gasteiger partial charge in [-0.3, -0.25) is 9.59 Å². The number of benzene rings is 2. The van der Waals surface area contributed by atoms with Crippen LogP contribution in [0.25, 0.3) is 11.0 Å². The molecule has 0 aliphatic carbocycles. The summed E-state index contributed by atoms with van der Waals surface area (Å²) in [5.41, 5.74) is 3.13. The Kier molecular flexibility index (Phi) is 5.82. The summed E-state index contributed by atoms with van der Waals surface area (Å²) in [4.78, 5) is 42.3. The van der Waals surface area contributed by atoms with Crippen molar-refractivity contribution in [1.82, 2.24) is 15.3 Å². The Morgan fingerprint density at radius 3 is 2.17 bits per heavy atom. The Balaban J connectivity index is 1.73. The number of aromatic amines is 2. The van der Waals surface area contributed by atoms with Crippen LogP contribution in [0, 0.1) is 5.92 Å². The molecule has 0 aliphatic heterocycles. The highest BCUT2D eigenvalue weighted by atomic mass is 16.2. The molecular formula is C23H28N4O3. The lowest BCUT2D eigenvalue weighted by molar-refractivity contribution is -0.118. The quantitative estimate of drug-likeness (QED) is 0.519. The monoisotopic (exact) mass is 408 g/mol. The second-order valence-electron chi connectivity index (χ2n) is 8.85. The number of hydrogen-bond acceptors (Lipinski definition) is 3. The van der Waals surface area contributed by atoms with Crippen LogP contribution in [0.5, 0.6) is 0 Å². The van der Waals surface area contributed by atoms with E-state index in [0.717, 1.165) is 5.56 Å². The van der Waals surface area contributed by atoms with Crippen molar-refractivity contribution in [2.75, 3.05) is 5.32 Å². The molecule has 0 bridgehead atoms. The van der Waals surface area contributed by atoms with Gasteiger partial charge in [0.2, 0.25) is 5.91 Å². The molecule has 0 radical (unpaired) electrons. The lowest BCUT2D eigenvalue weighted by atomic mass is 9.86.